The SMILES string of the molecule is CCC(C)N(N=O)C(N)=O. The van der Waals surface area contributed by atoms with Crippen molar-refractivity contribution < 1.29 is 4.79 Å². The largest absolute Gasteiger partial charge is 0.350 e. The maximum Gasteiger partial charge on any atom is 0.338 e. The van der Waals surface area contributed by atoms with Gasteiger partial charge in [-0.05, 0) is 13.3 Å². The van der Waals surface area contributed by atoms with Crippen LogP contribution in [-0.4, -0.2) is 17.1 Å². The maximum atomic E-state index is 10.4. The topological polar surface area (TPSA) is 75.8 Å². The Morgan fingerprint density at radius 2 is 2.30 bits per heavy atom. The van der Waals surface area contributed by atoms with Crippen LogP contribution in [0.15, 0.2) is 5.29 Å². The summed E-state index contributed by atoms with van der Waals surface area (Å²) < 4.78 is 0. The number of rotatable bonds is 3. The third-order valence-corrected chi connectivity index (χ3v) is 1.32. The van der Waals surface area contributed by atoms with Gasteiger partial charge in [0, 0.05) is 0 Å². The second-order valence-electron chi connectivity index (χ2n) is 2.02. The summed E-state index contributed by atoms with van der Waals surface area (Å²) in [6.07, 6.45) is 0.661. The number of hydrogen-bond acceptors (Lipinski definition) is 3. The van der Waals surface area contributed by atoms with Crippen molar-refractivity contribution >= 4 is 6.03 Å². The Bertz CT molecular complexity index is 137. The third kappa shape index (κ3) is 2.00. The van der Waals surface area contributed by atoms with E-state index < -0.39 is 6.03 Å². The van der Waals surface area contributed by atoms with Crippen molar-refractivity contribution in [1.82, 2.24) is 5.01 Å². The number of urea groups is 1. The van der Waals surface area contributed by atoms with Crippen molar-refractivity contribution in [3.8, 4) is 0 Å². The average Bonchev–Trinajstić information content (AvgIpc) is 1.88. The summed E-state index contributed by atoms with van der Waals surface area (Å²) >= 11 is 0. The Labute approximate surface area is 59.1 Å². The van der Waals surface area contributed by atoms with E-state index in [0.717, 1.165) is 5.01 Å². The number of primary amides is 1. The molecular formula is C5H11N3O2. The molecule has 0 saturated heterocycles. The van der Waals surface area contributed by atoms with Gasteiger partial charge in [0.1, 0.15) is 0 Å². The fourth-order valence-electron chi connectivity index (χ4n) is 0.511. The lowest BCUT2D eigenvalue weighted by Gasteiger charge is -2.16. The molecule has 0 heterocycles. The average molecular weight is 145 g/mol. The highest BCUT2D eigenvalue weighted by Gasteiger charge is 2.15. The molecule has 0 radical (unpaired) electrons. The first kappa shape index (κ1) is 8.87. The Morgan fingerprint density at radius 1 is 1.80 bits per heavy atom. The van der Waals surface area contributed by atoms with Gasteiger partial charge in [0.2, 0.25) is 0 Å². The van der Waals surface area contributed by atoms with Gasteiger partial charge in [0.05, 0.1) is 11.3 Å². The lowest BCUT2D eigenvalue weighted by molar-refractivity contribution is 0.188. The summed E-state index contributed by atoms with van der Waals surface area (Å²) in [5, 5.41) is 3.19. The van der Waals surface area contributed by atoms with Crippen molar-refractivity contribution in [1.29, 1.82) is 0 Å². The Morgan fingerprint density at radius 3 is 2.40 bits per heavy atom. The highest BCUT2D eigenvalue weighted by molar-refractivity contribution is 5.71. The summed E-state index contributed by atoms with van der Waals surface area (Å²) in [4.78, 5) is 20.3. The van der Waals surface area contributed by atoms with Crippen LogP contribution in [0.3, 0.4) is 0 Å². The van der Waals surface area contributed by atoms with Crippen LogP contribution in [0.1, 0.15) is 20.3 Å². The zero-order valence-electron chi connectivity index (χ0n) is 6.07. The molecule has 0 aromatic rings. The van der Waals surface area contributed by atoms with Gasteiger partial charge in [-0.15, -0.1) is 4.91 Å². The number of nitrogens with zero attached hydrogens (tertiary/aromatic N) is 2. The van der Waals surface area contributed by atoms with Gasteiger partial charge in [-0.2, -0.15) is 5.01 Å². The molecule has 0 aliphatic carbocycles. The smallest absolute Gasteiger partial charge is 0.338 e. The lowest BCUT2D eigenvalue weighted by Crippen LogP contribution is -2.37. The number of amides is 2. The molecule has 5 heteroatoms. The fraction of sp³-hybridized carbons (Fsp3) is 0.800. The number of carbonyl (C=O) groups excluding carboxylic acids is 1. The van der Waals surface area contributed by atoms with E-state index >= 15 is 0 Å². The molecule has 5 nitrogen and oxygen atoms in total. The third-order valence-electron chi connectivity index (χ3n) is 1.32. The molecule has 0 fully saturated rings. The highest BCUT2D eigenvalue weighted by Crippen LogP contribution is 2.01. The highest BCUT2D eigenvalue weighted by atomic mass is 16.3. The van der Waals surface area contributed by atoms with Gasteiger partial charge in [-0.1, -0.05) is 6.92 Å². The fourth-order valence-corrected chi connectivity index (χ4v) is 0.511. The van der Waals surface area contributed by atoms with Gasteiger partial charge in [-0.3, -0.25) is 0 Å². The van der Waals surface area contributed by atoms with Crippen LogP contribution in [-0.2, 0) is 0 Å². The molecule has 0 aromatic carbocycles. The molecule has 0 rings (SSSR count). The van der Waals surface area contributed by atoms with Gasteiger partial charge < -0.3 is 5.73 Å². The predicted octanol–water partition coefficient (Wildman–Crippen LogP) is 0.847. The quantitative estimate of drug-likeness (QED) is 0.472. The maximum absolute atomic E-state index is 10.4. The second kappa shape index (κ2) is 3.81. The van der Waals surface area contributed by atoms with E-state index in [2.05, 4.69) is 5.29 Å². The molecule has 0 aliphatic rings. The standard InChI is InChI=1S/C5H11N3O2/c1-3-4(2)8(7-10)5(6)9/h4H,3H2,1-2H3,(H2,6,9). The first-order chi connectivity index (χ1) is 4.63. The number of carbonyl (C=O) groups is 1. The van der Waals surface area contributed by atoms with Crippen LogP contribution in [0.25, 0.3) is 0 Å². The van der Waals surface area contributed by atoms with Gasteiger partial charge >= 0.3 is 6.03 Å². The summed E-state index contributed by atoms with van der Waals surface area (Å²) in [5.74, 6) is 0. The summed E-state index contributed by atoms with van der Waals surface area (Å²) in [7, 11) is 0. The van der Waals surface area contributed by atoms with Crippen LogP contribution in [0.5, 0.6) is 0 Å². The minimum Gasteiger partial charge on any atom is -0.350 e. The Balaban J connectivity index is 4.05. The van der Waals surface area contributed by atoms with E-state index in [1.54, 1.807) is 6.92 Å². The van der Waals surface area contributed by atoms with E-state index in [1.807, 2.05) is 6.92 Å². The molecule has 0 bridgehead atoms. The van der Waals surface area contributed by atoms with E-state index in [1.165, 1.54) is 0 Å². The van der Waals surface area contributed by atoms with Gasteiger partial charge in [-0.25, -0.2) is 4.79 Å². The Hall–Kier alpha value is -1.13. The van der Waals surface area contributed by atoms with Crippen LogP contribution < -0.4 is 5.73 Å². The first-order valence-corrected chi connectivity index (χ1v) is 3.05. The van der Waals surface area contributed by atoms with E-state index in [9.17, 15) is 9.70 Å². The second-order valence-corrected chi connectivity index (χ2v) is 2.02. The molecule has 2 amide bonds. The van der Waals surface area contributed by atoms with Crippen LogP contribution in [0, 0.1) is 4.91 Å². The molecule has 1 unspecified atom stereocenters. The minimum absolute atomic E-state index is 0.213. The predicted molar refractivity (Wildman–Crippen MR) is 37.0 cm³/mol. The van der Waals surface area contributed by atoms with Crippen molar-refractivity contribution in [3.63, 3.8) is 0 Å². The Kier molecular flexibility index (Phi) is 3.38. The zero-order valence-corrected chi connectivity index (χ0v) is 6.07. The molecule has 0 aromatic heterocycles. The van der Waals surface area contributed by atoms with E-state index in [0.29, 0.717) is 6.42 Å². The van der Waals surface area contributed by atoms with Crippen molar-refractivity contribution in [2.45, 2.75) is 26.3 Å². The lowest BCUT2D eigenvalue weighted by atomic mass is 10.2. The molecule has 2 N–H and O–H groups in total. The van der Waals surface area contributed by atoms with E-state index in [4.69, 9.17) is 5.73 Å². The van der Waals surface area contributed by atoms with Crippen molar-refractivity contribution in [2.75, 3.05) is 0 Å². The minimum atomic E-state index is -0.802. The molecule has 0 aliphatic heterocycles. The first-order valence-electron chi connectivity index (χ1n) is 3.05. The summed E-state index contributed by atoms with van der Waals surface area (Å²) in [6.45, 7) is 3.54. The molecule has 0 spiro atoms. The normalized spacial score (nSPS) is 12.2. The molecule has 10 heavy (non-hydrogen) atoms. The zero-order chi connectivity index (χ0) is 8.15. The summed E-state index contributed by atoms with van der Waals surface area (Å²) in [6, 6.07) is -1.01. The number of nitroso groups, excluding NO2 is 1. The molecule has 1 atom stereocenters. The van der Waals surface area contributed by atoms with Gasteiger partial charge in [0.25, 0.3) is 0 Å². The van der Waals surface area contributed by atoms with Crippen LogP contribution in [0.4, 0.5) is 4.79 Å². The van der Waals surface area contributed by atoms with Crippen molar-refractivity contribution in [3.05, 3.63) is 4.91 Å². The van der Waals surface area contributed by atoms with Crippen LogP contribution >= 0.6 is 0 Å². The number of hydrogen-bond donors (Lipinski definition) is 1. The summed E-state index contributed by atoms with van der Waals surface area (Å²) in [5.41, 5.74) is 4.82. The van der Waals surface area contributed by atoms with E-state index in [-0.39, 0.29) is 6.04 Å². The molecule has 58 valence electrons. The number of nitrogens with two attached hydrogens (primary N) is 1. The van der Waals surface area contributed by atoms with Gasteiger partial charge in [0.15, 0.2) is 0 Å². The molecular weight excluding hydrogens is 134 g/mol. The monoisotopic (exact) mass is 145 g/mol. The molecule has 0 saturated carbocycles. The van der Waals surface area contributed by atoms with Crippen LogP contribution in [0.2, 0.25) is 0 Å². The van der Waals surface area contributed by atoms with Crippen molar-refractivity contribution in [2.24, 2.45) is 11.0 Å².